The molecule has 0 fully saturated rings. The molecule has 0 saturated carbocycles. The Morgan fingerprint density at radius 1 is 1.47 bits per heavy atom. The van der Waals surface area contributed by atoms with Gasteiger partial charge in [0.1, 0.15) is 5.75 Å². The van der Waals surface area contributed by atoms with Gasteiger partial charge in [0.25, 0.3) is 0 Å². The maximum atomic E-state index is 9.74. The summed E-state index contributed by atoms with van der Waals surface area (Å²) in [4.78, 5) is 0. The molecule has 0 bridgehead atoms. The fourth-order valence-electron chi connectivity index (χ4n) is 1.41. The number of unbranched alkanes of at least 4 members (excludes halogenated alkanes) is 1. The molecule has 4 heteroatoms. The average molecular weight is 295 g/mol. The van der Waals surface area contributed by atoms with E-state index in [9.17, 15) is 5.11 Å². The summed E-state index contributed by atoms with van der Waals surface area (Å²) in [6.45, 7) is 2.13. The third-order valence-corrected chi connectivity index (χ3v) is 2.93. The molecule has 0 radical (unpaired) electrons. The van der Waals surface area contributed by atoms with E-state index >= 15 is 0 Å². The number of nitrogens with two attached hydrogens (primary N) is 1. The van der Waals surface area contributed by atoms with E-state index in [2.05, 4.69) is 22.9 Å². The predicted octanol–water partition coefficient (Wildman–Crippen LogP) is 3.77. The van der Waals surface area contributed by atoms with Crippen molar-refractivity contribution in [3.63, 3.8) is 0 Å². The van der Waals surface area contributed by atoms with Crippen LogP contribution in [0.4, 0.5) is 0 Å². The van der Waals surface area contributed by atoms with Gasteiger partial charge in [-0.1, -0.05) is 31.9 Å². The highest BCUT2D eigenvalue weighted by Gasteiger charge is 2.11. The average Bonchev–Trinajstić information content (AvgIpc) is 2.18. The SMILES string of the molecule is CCCC[C@@H](N)c1cccc(Br)c1O.Cl. The lowest BCUT2D eigenvalue weighted by Gasteiger charge is -2.13. The molecule has 0 aliphatic rings. The first-order chi connectivity index (χ1) is 6.66. The second kappa shape index (κ2) is 7.09. The molecule has 0 aliphatic heterocycles. The zero-order valence-corrected chi connectivity index (χ0v) is 11.1. The Morgan fingerprint density at radius 3 is 2.73 bits per heavy atom. The third-order valence-electron chi connectivity index (χ3n) is 2.29. The van der Waals surface area contributed by atoms with Gasteiger partial charge >= 0.3 is 0 Å². The zero-order chi connectivity index (χ0) is 10.6. The van der Waals surface area contributed by atoms with E-state index in [1.165, 1.54) is 0 Å². The predicted molar refractivity (Wildman–Crippen MR) is 69.5 cm³/mol. The standard InChI is InChI=1S/C11H16BrNO.ClH/c1-2-3-7-10(13)8-5-4-6-9(12)11(8)14;/h4-6,10,14H,2-3,7,13H2,1H3;1H/t10-;/m1./s1. The van der Waals surface area contributed by atoms with Crippen LogP contribution in [0.5, 0.6) is 5.75 Å². The second-order valence-electron chi connectivity index (χ2n) is 3.43. The number of aromatic hydroxyl groups is 1. The van der Waals surface area contributed by atoms with Crippen LogP contribution in [-0.4, -0.2) is 5.11 Å². The molecule has 86 valence electrons. The Bertz CT molecular complexity index is 307. The van der Waals surface area contributed by atoms with Crippen LogP contribution in [-0.2, 0) is 0 Å². The van der Waals surface area contributed by atoms with Gasteiger partial charge in [-0.05, 0) is 28.4 Å². The van der Waals surface area contributed by atoms with E-state index in [0.717, 1.165) is 24.8 Å². The van der Waals surface area contributed by atoms with Crippen molar-refractivity contribution in [2.24, 2.45) is 5.73 Å². The molecule has 0 amide bonds. The van der Waals surface area contributed by atoms with Crippen molar-refractivity contribution in [3.8, 4) is 5.75 Å². The van der Waals surface area contributed by atoms with Gasteiger partial charge < -0.3 is 10.8 Å². The molecule has 0 unspecified atom stereocenters. The first-order valence-corrected chi connectivity index (χ1v) is 5.69. The van der Waals surface area contributed by atoms with Crippen LogP contribution in [0.3, 0.4) is 0 Å². The zero-order valence-electron chi connectivity index (χ0n) is 8.74. The molecule has 0 aliphatic carbocycles. The summed E-state index contributed by atoms with van der Waals surface area (Å²) < 4.78 is 0.710. The Morgan fingerprint density at radius 2 is 2.13 bits per heavy atom. The molecule has 0 spiro atoms. The summed E-state index contributed by atoms with van der Waals surface area (Å²) in [5, 5.41) is 9.74. The van der Waals surface area contributed by atoms with E-state index in [1.807, 2.05) is 18.2 Å². The lowest BCUT2D eigenvalue weighted by Crippen LogP contribution is -2.10. The minimum absolute atomic E-state index is 0. The lowest BCUT2D eigenvalue weighted by molar-refractivity contribution is 0.453. The quantitative estimate of drug-likeness (QED) is 0.888. The molecule has 3 N–H and O–H groups in total. The maximum Gasteiger partial charge on any atom is 0.134 e. The Hall–Kier alpha value is -0.250. The van der Waals surface area contributed by atoms with Crippen molar-refractivity contribution < 1.29 is 5.11 Å². The van der Waals surface area contributed by atoms with Crippen LogP contribution < -0.4 is 5.73 Å². The summed E-state index contributed by atoms with van der Waals surface area (Å²) in [5.41, 5.74) is 6.80. The van der Waals surface area contributed by atoms with E-state index in [-0.39, 0.29) is 24.2 Å². The second-order valence-corrected chi connectivity index (χ2v) is 4.28. The molecule has 1 atom stereocenters. The van der Waals surface area contributed by atoms with Crippen molar-refractivity contribution in [3.05, 3.63) is 28.2 Å². The summed E-state index contributed by atoms with van der Waals surface area (Å²) in [5.74, 6) is 0.274. The van der Waals surface area contributed by atoms with Crippen LogP contribution in [0.1, 0.15) is 37.8 Å². The lowest BCUT2D eigenvalue weighted by atomic mass is 10.0. The number of hydrogen-bond donors (Lipinski definition) is 2. The number of benzene rings is 1. The van der Waals surface area contributed by atoms with Crippen molar-refractivity contribution >= 4 is 28.3 Å². The Kier molecular flexibility index (Phi) is 6.98. The van der Waals surface area contributed by atoms with Gasteiger partial charge in [0.15, 0.2) is 0 Å². The smallest absolute Gasteiger partial charge is 0.134 e. The largest absolute Gasteiger partial charge is 0.506 e. The fraction of sp³-hybridized carbons (Fsp3) is 0.455. The molecule has 0 aromatic heterocycles. The van der Waals surface area contributed by atoms with Crippen molar-refractivity contribution in [2.45, 2.75) is 32.2 Å². The number of halogens is 2. The highest BCUT2D eigenvalue weighted by atomic mass is 79.9. The highest BCUT2D eigenvalue weighted by molar-refractivity contribution is 9.10. The minimum Gasteiger partial charge on any atom is -0.506 e. The van der Waals surface area contributed by atoms with Crippen molar-refractivity contribution in [2.75, 3.05) is 0 Å². The van der Waals surface area contributed by atoms with E-state index in [0.29, 0.717) is 4.47 Å². The van der Waals surface area contributed by atoms with Crippen LogP contribution in [0.15, 0.2) is 22.7 Å². The first kappa shape index (κ1) is 14.8. The van der Waals surface area contributed by atoms with Gasteiger partial charge in [-0.25, -0.2) is 0 Å². The molecule has 1 rings (SSSR count). The highest BCUT2D eigenvalue weighted by Crippen LogP contribution is 2.32. The van der Waals surface area contributed by atoms with Gasteiger partial charge in [-0.15, -0.1) is 12.4 Å². The monoisotopic (exact) mass is 293 g/mol. The molecule has 15 heavy (non-hydrogen) atoms. The summed E-state index contributed by atoms with van der Waals surface area (Å²) in [7, 11) is 0. The summed E-state index contributed by atoms with van der Waals surface area (Å²) in [6.07, 6.45) is 3.14. The summed E-state index contributed by atoms with van der Waals surface area (Å²) in [6, 6.07) is 5.52. The van der Waals surface area contributed by atoms with Crippen molar-refractivity contribution in [1.29, 1.82) is 0 Å². The third kappa shape index (κ3) is 4.01. The van der Waals surface area contributed by atoms with Crippen molar-refractivity contribution in [1.82, 2.24) is 0 Å². The van der Waals surface area contributed by atoms with E-state index in [4.69, 9.17) is 5.73 Å². The number of para-hydroxylation sites is 1. The van der Waals surface area contributed by atoms with Gasteiger partial charge in [0.05, 0.1) is 4.47 Å². The minimum atomic E-state index is -0.0625. The van der Waals surface area contributed by atoms with E-state index < -0.39 is 0 Å². The fourth-order valence-corrected chi connectivity index (χ4v) is 1.79. The van der Waals surface area contributed by atoms with Gasteiger partial charge in [-0.2, -0.15) is 0 Å². The Labute approximate surface area is 105 Å². The number of rotatable bonds is 4. The van der Waals surface area contributed by atoms with Gasteiger partial charge in [-0.3, -0.25) is 0 Å². The number of phenols is 1. The maximum absolute atomic E-state index is 9.74. The summed E-state index contributed by atoms with van der Waals surface area (Å²) >= 11 is 3.28. The van der Waals surface area contributed by atoms with Crippen LogP contribution in [0, 0.1) is 0 Å². The van der Waals surface area contributed by atoms with Crippen LogP contribution in [0.2, 0.25) is 0 Å². The van der Waals surface area contributed by atoms with E-state index in [1.54, 1.807) is 0 Å². The first-order valence-electron chi connectivity index (χ1n) is 4.89. The van der Waals surface area contributed by atoms with Gasteiger partial charge in [0, 0.05) is 11.6 Å². The molecule has 1 aromatic carbocycles. The van der Waals surface area contributed by atoms with Gasteiger partial charge in [0.2, 0.25) is 0 Å². The molecular formula is C11H17BrClNO. The molecule has 2 nitrogen and oxygen atoms in total. The Balaban J connectivity index is 0.00000196. The molecular weight excluding hydrogens is 277 g/mol. The number of phenolic OH excluding ortho intramolecular Hbond substituents is 1. The van der Waals surface area contributed by atoms with Crippen LogP contribution >= 0.6 is 28.3 Å². The molecule has 1 aromatic rings. The topological polar surface area (TPSA) is 46.2 Å². The number of hydrogen-bond acceptors (Lipinski definition) is 2. The molecule has 0 heterocycles. The molecule has 0 saturated heterocycles. The van der Waals surface area contributed by atoms with Crippen LogP contribution in [0.25, 0.3) is 0 Å². The normalized spacial score (nSPS) is 11.9.